The minimum absolute atomic E-state index is 4.18. The molecule has 0 aromatic heterocycles. The van der Waals surface area contributed by atoms with Crippen molar-refractivity contribution < 1.29 is 70.2 Å². The van der Waals surface area contributed by atoms with E-state index >= 15 is 0 Å². The van der Waals surface area contributed by atoms with Gasteiger partial charge in [-0.05, 0) is 0 Å². The average Bonchev–Trinajstić information content (AvgIpc) is 2.22. The second kappa shape index (κ2) is 5.44. The van der Waals surface area contributed by atoms with Gasteiger partial charge in [-0.3, -0.25) is 0 Å². The molecule has 0 rings (SSSR count). The third-order valence-electron chi connectivity index (χ3n) is 2.42. The van der Waals surface area contributed by atoms with Crippen molar-refractivity contribution in [2.45, 2.75) is 48.4 Å². The van der Waals surface area contributed by atoms with Crippen molar-refractivity contribution in [2.75, 3.05) is 0 Å². The molecule has 24 heavy (non-hydrogen) atoms. The summed E-state index contributed by atoms with van der Waals surface area (Å²) in [4.78, 5) is 0. The third kappa shape index (κ3) is 3.32. The monoisotopic (exact) mass is 402 g/mol. The van der Waals surface area contributed by atoms with Gasteiger partial charge in [0.25, 0.3) is 0 Å². The van der Waals surface area contributed by atoms with Crippen molar-refractivity contribution >= 4 is 0 Å². The molecule has 0 amide bonds. The SMILES string of the molecule is FC(F)(F)CC(F)(F)C(F)(F)C(F)(F)C(F)(F)C(F)(F)C(F)(F)F. The molecule has 0 nitrogen and oxygen atoms in total. The quantitative estimate of drug-likeness (QED) is 0.520. The summed E-state index contributed by atoms with van der Waals surface area (Å²) in [6.07, 6.45) is -18.2. The van der Waals surface area contributed by atoms with Gasteiger partial charge in [0.2, 0.25) is 0 Å². The van der Waals surface area contributed by atoms with E-state index in [9.17, 15) is 70.2 Å². The molecule has 0 aliphatic carbocycles. The predicted molar refractivity (Wildman–Crippen MR) is 41.5 cm³/mol. The van der Waals surface area contributed by atoms with Crippen molar-refractivity contribution in [2.24, 2.45) is 0 Å². The van der Waals surface area contributed by atoms with Crippen LogP contribution >= 0.6 is 0 Å². The van der Waals surface area contributed by atoms with Crippen LogP contribution in [0, 0.1) is 0 Å². The topological polar surface area (TPSA) is 0 Å². The molecule has 0 aliphatic heterocycles. The molecule has 0 aromatic carbocycles. The summed E-state index contributed by atoms with van der Waals surface area (Å²) in [5, 5.41) is 0. The van der Waals surface area contributed by atoms with Gasteiger partial charge < -0.3 is 0 Å². The maximum atomic E-state index is 12.7. The maximum Gasteiger partial charge on any atom is 0.460 e. The van der Waals surface area contributed by atoms with Crippen LogP contribution in [-0.4, -0.2) is 42.0 Å². The van der Waals surface area contributed by atoms with E-state index in [0.717, 1.165) is 0 Å². The Hall–Kier alpha value is -1.12. The van der Waals surface area contributed by atoms with Gasteiger partial charge in [0.1, 0.15) is 6.42 Å². The second-order valence-electron chi connectivity index (χ2n) is 4.29. The first-order valence-electron chi connectivity index (χ1n) is 4.98. The van der Waals surface area contributed by atoms with Gasteiger partial charge in [-0.15, -0.1) is 0 Å². The average molecular weight is 402 g/mol. The lowest BCUT2D eigenvalue weighted by molar-refractivity contribution is -0.443. The zero-order valence-electron chi connectivity index (χ0n) is 10.3. The molecule has 0 aromatic rings. The summed E-state index contributed by atoms with van der Waals surface area (Å²) in [6.45, 7) is 0. The van der Waals surface area contributed by atoms with Crippen LogP contribution in [-0.2, 0) is 0 Å². The fourth-order valence-electron chi connectivity index (χ4n) is 1.16. The number of rotatable bonds is 5. The summed E-state index contributed by atoms with van der Waals surface area (Å²) in [5.41, 5.74) is 0. The van der Waals surface area contributed by atoms with E-state index in [-0.39, 0.29) is 0 Å². The molecule has 0 fully saturated rings. The summed E-state index contributed by atoms with van der Waals surface area (Å²) in [5.74, 6) is -39.4. The van der Waals surface area contributed by atoms with Crippen molar-refractivity contribution in [3.05, 3.63) is 0 Å². The lowest BCUT2D eigenvalue weighted by atomic mass is 9.92. The molecule has 0 unspecified atom stereocenters. The van der Waals surface area contributed by atoms with Crippen LogP contribution in [0.2, 0.25) is 0 Å². The number of hydrogen-bond acceptors (Lipinski definition) is 0. The number of hydrogen-bond donors (Lipinski definition) is 0. The van der Waals surface area contributed by atoms with Gasteiger partial charge >= 0.3 is 42.0 Å². The first kappa shape index (κ1) is 22.9. The summed E-state index contributed by atoms with van der Waals surface area (Å²) in [7, 11) is 0. The van der Waals surface area contributed by atoms with E-state index in [1.807, 2.05) is 0 Å². The highest BCUT2D eigenvalue weighted by molar-refractivity contribution is 5.10. The Kier molecular flexibility index (Phi) is 5.18. The van der Waals surface area contributed by atoms with E-state index in [2.05, 4.69) is 0 Å². The van der Waals surface area contributed by atoms with E-state index in [1.54, 1.807) is 0 Å². The fourth-order valence-corrected chi connectivity index (χ4v) is 1.16. The molecular weight excluding hydrogens is 400 g/mol. The largest absolute Gasteiger partial charge is 0.460 e. The molecule has 16 heteroatoms. The van der Waals surface area contributed by atoms with Crippen LogP contribution < -0.4 is 0 Å². The fraction of sp³-hybridized carbons (Fsp3) is 1.00. The van der Waals surface area contributed by atoms with Crippen molar-refractivity contribution in [1.82, 2.24) is 0 Å². The standard InChI is InChI=1S/C8H2F16/c9-2(10,1-3(11,12)13)4(14,15)5(16,17)6(18,19)7(20,21)8(22,23)24/h1H2. The summed E-state index contributed by atoms with van der Waals surface area (Å²) >= 11 is 0. The first-order chi connectivity index (χ1) is 9.96. The summed E-state index contributed by atoms with van der Waals surface area (Å²) in [6, 6.07) is 0. The molecule has 0 spiro atoms. The van der Waals surface area contributed by atoms with Gasteiger partial charge in [-0.1, -0.05) is 0 Å². The van der Waals surface area contributed by atoms with E-state index < -0.39 is 48.4 Å². The molecule has 0 N–H and O–H groups in total. The predicted octanol–water partition coefficient (Wildman–Crippen LogP) is 5.68. The zero-order valence-corrected chi connectivity index (χ0v) is 10.3. The molecule has 0 heterocycles. The maximum absolute atomic E-state index is 12.7. The Morgan fingerprint density at radius 1 is 0.375 bits per heavy atom. The van der Waals surface area contributed by atoms with Gasteiger partial charge in [-0.25, -0.2) is 0 Å². The van der Waals surface area contributed by atoms with Gasteiger partial charge in [0.15, 0.2) is 0 Å². The Labute approximate surface area is 120 Å². The highest BCUT2D eigenvalue weighted by Gasteiger charge is 2.91. The van der Waals surface area contributed by atoms with Crippen LogP contribution in [0.3, 0.4) is 0 Å². The molecular formula is C8H2F16. The van der Waals surface area contributed by atoms with Crippen LogP contribution in [0.25, 0.3) is 0 Å². The number of halogens is 16. The van der Waals surface area contributed by atoms with Gasteiger partial charge in [-0.2, -0.15) is 70.2 Å². The second-order valence-corrected chi connectivity index (χ2v) is 4.29. The highest BCUT2D eigenvalue weighted by atomic mass is 19.4. The third-order valence-corrected chi connectivity index (χ3v) is 2.42. The van der Waals surface area contributed by atoms with Crippen molar-refractivity contribution in [3.8, 4) is 0 Å². The molecule has 0 atom stereocenters. The lowest BCUT2D eigenvalue weighted by Crippen LogP contribution is -2.70. The normalized spacial score (nSPS) is 16.5. The molecule has 0 saturated carbocycles. The highest BCUT2D eigenvalue weighted by Crippen LogP contribution is 2.61. The minimum atomic E-state index is -8.20. The van der Waals surface area contributed by atoms with E-state index in [1.165, 1.54) is 0 Å². The molecule has 0 saturated heterocycles. The van der Waals surface area contributed by atoms with Crippen molar-refractivity contribution in [3.63, 3.8) is 0 Å². The molecule has 0 bridgehead atoms. The molecule has 0 aliphatic rings. The van der Waals surface area contributed by atoms with Crippen LogP contribution in [0.1, 0.15) is 6.42 Å². The van der Waals surface area contributed by atoms with Crippen LogP contribution in [0.5, 0.6) is 0 Å². The molecule has 0 radical (unpaired) electrons. The van der Waals surface area contributed by atoms with Crippen LogP contribution in [0.4, 0.5) is 70.2 Å². The van der Waals surface area contributed by atoms with Crippen LogP contribution in [0.15, 0.2) is 0 Å². The first-order valence-corrected chi connectivity index (χ1v) is 4.98. The Morgan fingerprint density at radius 2 is 0.667 bits per heavy atom. The minimum Gasteiger partial charge on any atom is -0.199 e. The van der Waals surface area contributed by atoms with Gasteiger partial charge in [0.05, 0.1) is 0 Å². The van der Waals surface area contributed by atoms with Gasteiger partial charge in [0, 0.05) is 0 Å². The molecule has 146 valence electrons. The summed E-state index contributed by atoms with van der Waals surface area (Å²) < 4.78 is 196. The van der Waals surface area contributed by atoms with E-state index in [4.69, 9.17) is 0 Å². The smallest absolute Gasteiger partial charge is 0.199 e. The Morgan fingerprint density at radius 3 is 0.917 bits per heavy atom. The van der Waals surface area contributed by atoms with E-state index in [0.29, 0.717) is 0 Å². The number of alkyl halides is 16. The zero-order chi connectivity index (χ0) is 20.2. The lowest BCUT2D eigenvalue weighted by Gasteiger charge is -2.39. The Bertz CT molecular complexity index is 450. The van der Waals surface area contributed by atoms with Crippen molar-refractivity contribution in [1.29, 1.82) is 0 Å². The Balaban J connectivity index is 6.21.